The molecular formula is C23H23N5O. The average molecular weight is 385 g/mol. The fraction of sp³-hybridized carbons (Fsp3) is 0.261. The van der Waals surface area contributed by atoms with E-state index in [4.69, 9.17) is 4.74 Å². The minimum Gasteiger partial charge on any atom is -0.379 e. The highest BCUT2D eigenvalue weighted by Crippen LogP contribution is 2.32. The van der Waals surface area contributed by atoms with Crippen molar-refractivity contribution >= 4 is 0 Å². The molecule has 1 aliphatic heterocycles. The summed E-state index contributed by atoms with van der Waals surface area (Å²) in [4.78, 5) is 8.78. The fourth-order valence-electron chi connectivity index (χ4n) is 4.06. The number of nitrogens with zero attached hydrogens (tertiary/aromatic N) is 5. The Labute approximate surface area is 169 Å². The van der Waals surface area contributed by atoms with E-state index in [-0.39, 0.29) is 6.04 Å². The summed E-state index contributed by atoms with van der Waals surface area (Å²) in [5.41, 5.74) is 3.63. The van der Waals surface area contributed by atoms with Gasteiger partial charge in [0.05, 0.1) is 25.8 Å². The van der Waals surface area contributed by atoms with Crippen LogP contribution < -0.4 is 0 Å². The zero-order valence-corrected chi connectivity index (χ0v) is 16.1. The molecule has 0 saturated carbocycles. The monoisotopic (exact) mass is 385 g/mol. The van der Waals surface area contributed by atoms with Crippen molar-refractivity contribution in [3.05, 3.63) is 90.8 Å². The molecule has 0 amide bonds. The molecule has 5 rings (SSSR count). The van der Waals surface area contributed by atoms with Gasteiger partial charge in [0.2, 0.25) is 0 Å². The highest BCUT2D eigenvalue weighted by atomic mass is 16.5. The second-order valence-electron chi connectivity index (χ2n) is 7.48. The largest absolute Gasteiger partial charge is 0.379 e. The summed E-state index contributed by atoms with van der Waals surface area (Å²) in [6.45, 7) is 2.26. The zero-order chi connectivity index (χ0) is 19.5. The van der Waals surface area contributed by atoms with Crippen LogP contribution in [-0.2, 0) is 17.7 Å². The van der Waals surface area contributed by atoms with Crippen LogP contribution in [0.15, 0.2) is 79.6 Å². The van der Waals surface area contributed by atoms with Crippen molar-refractivity contribution < 1.29 is 4.74 Å². The molecule has 4 aromatic rings. The predicted molar refractivity (Wildman–Crippen MR) is 110 cm³/mol. The van der Waals surface area contributed by atoms with Gasteiger partial charge in [0.25, 0.3) is 0 Å². The smallest absolute Gasteiger partial charge is 0.140 e. The number of hydrogen-bond acceptors (Lipinski definition) is 4. The van der Waals surface area contributed by atoms with Gasteiger partial charge < -0.3 is 9.30 Å². The molecule has 1 fully saturated rings. The molecule has 0 N–H and O–H groups in total. The average Bonchev–Trinajstić information content (AvgIpc) is 3.51. The van der Waals surface area contributed by atoms with Crippen LogP contribution in [0.2, 0.25) is 0 Å². The Morgan fingerprint density at radius 1 is 0.897 bits per heavy atom. The number of aromatic nitrogens is 5. The van der Waals surface area contributed by atoms with E-state index in [9.17, 15) is 0 Å². The molecule has 2 atom stereocenters. The topological polar surface area (TPSA) is 57.8 Å². The first-order chi connectivity index (χ1) is 14.4. The molecular weight excluding hydrogens is 362 g/mol. The summed E-state index contributed by atoms with van der Waals surface area (Å²) in [6, 6.07) is 15.0. The lowest BCUT2D eigenvalue weighted by Gasteiger charge is -2.21. The van der Waals surface area contributed by atoms with Crippen LogP contribution in [0.3, 0.4) is 0 Å². The maximum Gasteiger partial charge on any atom is 0.140 e. The molecule has 4 heterocycles. The molecule has 0 spiro atoms. The number of ether oxygens (including phenoxy) is 1. The van der Waals surface area contributed by atoms with E-state index in [2.05, 4.69) is 62.2 Å². The normalized spacial score (nSPS) is 18.9. The molecule has 146 valence electrons. The Kier molecular flexibility index (Phi) is 4.92. The summed E-state index contributed by atoms with van der Waals surface area (Å²) in [5, 5.41) is 4.28. The molecule has 29 heavy (non-hydrogen) atoms. The van der Waals surface area contributed by atoms with Gasteiger partial charge in [0, 0.05) is 48.7 Å². The number of pyridine rings is 1. The first kappa shape index (κ1) is 17.8. The number of hydrogen-bond donors (Lipinski definition) is 0. The lowest BCUT2D eigenvalue weighted by molar-refractivity contribution is 0.181. The quantitative estimate of drug-likeness (QED) is 0.509. The van der Waals surface area contributed by atoms with Gasteiger partial charge in [-0.05, 0) is 35.7 Å². The minimum atomic E-state index is 0.282. The number of rotatable bonds is 6. The highest BCUT2D eigenvalue weighted by molar-refractivity contribution is 5.56. The summed E-state index contributed by atoms with van der Waals surface area (Å²) in [5.74, 6) is 1.41. The Balaban J connectivity index is 1.36. The maximum absolute atomic E-state index is 5.86. The van der Waals surface area contributed by atoms with Crippen LogP contribution in [-0.4, -0.2) is 37.5 Å². The van der Waals surface area contributed by atoms with Gasteiger partial charge in [-0.2, -0.15) is 5.10 Å². The molecule has 1 saturated heterocycles. The van der Waals surface area contributed by atoms with Crippen molar-refractivity contribution in [2.24, 2.45) is 5.92 Å². The van der Waals surface area contributed by atoms with Crippen molar-refractivity contribution in [3.63, 3.8) is 0 Å². The molecule has 0 radical (unpaired) electrons. The fourth-order valence-corrected chi connectivity index (χ4v) is 4.06. The molecule has 0 unspecified atom stereocenters. The molecule has 6 nitrogen and oxygen atoms in total. The maximum atomic E-state index is 5.86. The third kappa shape index (κ3) is 3.84. The van der Waals surface area contributed by atoms with Crippen molar-refractivity contribution in [1.29, 1.82) is 0 Å². The SMILES string of the molecule is c1cnn(Cc2ccc(-c3nccn3[C@@H]3COC[C@@H]3Cc3ccncc3)cc2)c1. The van der Waals surface area contributed by atoms with Crippen LogP contribution >= 0.6 is 0 Å². The van der Waals surface area contributed by atoms with Gasteiger partial charge >= 0.3 is 0 Å². The van der Waals surface area contributed by atoms with Crippen LogP contribution in [0.1, 0.15) is 17.2 Å². The number of benzene rings is 1. The van der Waals surface area contributed by atoms with E-state index in [1.54, 1.807) is 6.20 Å². The van der Waals surface area contributed by atoms with E-state index >= 15 is 0 Å². The van der Waals surface area contributed by atoms with Crippen LogP contribution in [0.25, 0.3) is 11.4 Å². The van der Waals surface area contributed by atoms with Crippen LogP contribution in [0, 0.1) is 5.92 Å². The lowest BCUT2D eigenvalue weighted by Crippen LogP contribution is -2.20. The van der Waals surface area contributed by atoms with Crippen molar-refractivity contribution in [3.8, 4) is 11.4 Å². The highest BCUT2D eigenvalue weighted by Gasteiger charge is 2.31. The standard InChI is InChI=1S/C23H23N5O/c1-8-26-27(12-1)15-19-2-4-20(5-3-19)23-25-11-13-28(23)22-17-29-16-21(22)14-18-6-9-24-10-7-18/h1-13,21-22H,14-17H2/t21-,22+/m0/s1. The Morgan fingerprint density at radius 2 is 1.76 bits per heavy atom. The Bertz CT molecular complexity index is 1040. The molecule has 6 heteroatoms. The van der Waals surface area contributed by atoms with Gasteiger partial charge in [0.15, 0.2) is 0 Å². The summed E-state index contributed by atoms with van der Waals surface area (Å²) in [6.07, 6.45) is 12.4. The van der Waals surface area contributed by atoms with E-state index in [0.717, 1.165) is 37.6 Å². The van der Waals surface area contributed by atoms with Crippen molar-refractivity contribution in [2.45, 2.75) is 19.0 Å². The lowest BCUT2D eigenvalue weighted by atomic mass is 9.95. The van der Waals surface area contributed by atoms with Gasteiger partial charge in [-0.3, -0.25) is 9.67 Å². The van der Waals surface area contributed by atoms with Crippen LogP contribution in [0.5, 0.6) is 0 Å². The molecule has 3 aromatic heterocycles. The molecule has 1 aliphatic rings. The predicted octanol–water partition coefficient (Wildman–Crippen LogP) is 3.62. The zero-order valence-electron chi connectivity index (χ0n) is 16.1. The summed E-state index contributed by atoms with van der Waals surface area (Å²) < 4.78 is 10.1. The third-order valence-corrected chi connectivity index (χ3v) is 5.55. The Hall–Kier alpha value is -3.25. The third-order valence-electron chi connectivity index (χ3n) is 5.55. The molecule has 0 aliphatic carbocycles. The van der Waals surface area contributed by atoms with Crippen molar-refractivity contribution in [2.75, 3.05) is 13.2 Å². The second kappa shape index (κ2) is 8.01. The van der Waals surface area contributed by atoms with Gasteiger partial charge in [-0.15, -0.1) is 0 Å². The van der Waals surface area contributed by atoms with Crippen LogP contribution in [0.4, 0.5) is 0 Å². The number of imidazole rings is 1. The van der Waals surface area contributed by atoms with E-state index < -0.39 is 0 Å². The van der Waals surface area contributed by atoms with E-state index in [0.29, 0.717) is 5.92 Å². The minimum absolute atomic E-state index is 0.282. The van der Waals surface area contributed by atoms with Gasteiger partial charge in [-0.1, -0.05) is 24.3 Å². The molecule has 0 bridgehead atoms. The van der Waals surface area contributed by atoms with E-state index in [1.807, 2.05) is 35.5 Å². The van der Waals surface area contributed by atoms with Gasteiger partial charge in [-0.25, -0.2) is 4.98 Å². The first-order valence-corrected chi connectivity index (χ1v) is 9.93. The second-order valence-corrected chi connectivity index (χ2v) is 7.48. The first-order valence-electron chi connectivity index (χ1n) is 9.93. The van der Waals surface area contributed by atoms with E-state index in [1.165, 1.54) is 11.1 Å². The summed E-state index contributed by atoms with van der Waals surface area (Å²) >= 11 is 0. The summed E-state index contributed by atoms with van der Waals surface area (Å²) in [7, 11) is 0. The molecule has 1 aromatic carbocycles. The Morgan fingerprint density at radius 3 is 2.55 bits per heavy atom. The van der Waals surface area contributed by atoms with Crippen molar-refractivity contribution in [1.82, 2.24) is 24.3 Å². The van der Waals surface area contributed by atoms with Gasteiger partial charge in [0.1, 0.15) is 5.82 Å².